The molecular weight excluding hydrogens is 280 g/mol. The quantitative estimate of drug-likeness (QED) is 0.432. The van der Waals surface area contributed by atoms with Crippen molar-refractivity contribution in [3.63, 3.8) is 0 Å². The van der Waals surface area contributed by atoms with E-state index in [-0.39, 0.29) is 19.0 Å². The molecule has 0 aromatic carbocycles. The van der Waals surface area contributed by atoms with Crippen molar-refractivity contribution in [1.82, 2.24) is 15.5 Å². The molecule has 0 aliphatic carbocycles. The molecule has 1 heterocycles. The average Bonchev–Trinajstić information content (AvgIpc) is 2.93. The first-order valence-electron chi connectivity index (χ1n) is 6.66. The molecule has 0 spiro atoms. The zero-order valence-electron chi connectivity index (χ0n) is 11.8. The van der Waals surface area contributed by atoms with Crippen LogP contribution in [-0.4, -0.2) is 65.4 Å². The molecule has 21 heavy (non-hydrogen) atoms. The van der Waals surface area contributed by atoms with Crippen LogP contribution in [0.5, 0.6) is 0 Å². The van der Waals surface area contributed by atoms with Gasteiger partial charge in [-0.1, -0.05) is 0 Å². The van der Waals surface area contributed by atoms with Gasteiger partial charge in [0, 0.05) is 6.54 Å². The number of amides is 3. The van der Waals surface area contributed by atoms with E-state index in [9.17, 15) is 19.2 Å². The Balaban J connectivity index is 2.44. The third-order valence-electron chi connectivity index (χ3n) is 3.22. The van der Waals surface area contributed by atoms with Crippen LogP contribution in [0.15, 0.2) is 0 Å². The van der Waals surface area contributed by atoms with E-state index in [4.69, 9.17) is 10.8 Å². The number of hydrogen-bond acceptors (Lipinski definition) is 5. The van der Waals surface area contributed by atoms with Crippen LogP contribution in [0.1, 0.15) is 19.8 Å². The lowest BCUT2D eigenvalue weighted by molar-refractivity contribution is -0.141. The fourth-order valence-corrected chi connectivity index (χ4v) is 2.09. The van der Waals surface area contributed by atoms with Crippen molar-refractivity contribution in [1.29, 1.82) is 0 Å². The molecule has 1 fully saturated rings. The van der Waals surface area contributed by atoms with Crippen LogP contribution in [0.2, 0.25) is 0 Å². The van der Waals surface area contributed by atoms with Gasteiger partial charge < -0.3 is 26.4 Å². The summed E-state index contributed by atoms with van der Waals surface area (Å²) in [6.45, 7) is 1.29. The number of nitrogens with two attached hydrogens (primary N) is 1. The number of likely N-dealkylation sites (tertiary alicyclic amines) is 1. The van der Waals surface area contributed by atoms with Crippen LogP contribution in [0, 0.1) is 0 Å². The predicted octanol–water partition coefficient (Wildman–Crippen LogP) is -2.36. The Morgan fingerprint density at radius 2 is 2.05 bits per heavy atom. The highest BCUT2D eigenvalue weighted by atomic mass is 16.4. The van der Waals surface area contributed by atoms with Gasteiger partial charge >= 0.3 is 5.97 Å². The van der Waals surface area contributed by atoms with Crippen molar-refractivity contribution >= 4 is 23.7 Å². The maximum Gasteiger partial charge on any atom is 0.325 e. The molecule has 0 aromatic heterocycles. The smallest absolute Gasteiger partial charge is 0.325 e. The highest BCUT2D eigenvalue weighted by Gasteiger charge is 2.33. The van der Waals surface area contributed by atoms with Crippen molar-refractivity contribution in [2.75, 3.05) is 19.6 Å². The Morgan fingerprint density at radius 1 is 1.38 bits per heavy atom. The maximum atomic E-state index is 12.0. The van der Waals surface area contributed by atoms with Gasteiger partial charge in [-0.3, -0.25) is 19.2 Å². The van der Waals surface area contributed by atoms with Gasteiger partial charge in [-0.25, -0.2) is 0 Å². The topological polar surface area (TPSA) is 142 Å². The first-order valence-corrected chi connectivity index (χ1v) is 6.66. The normalized spacial score (nSPS) is 19.0. The molecule has 0 saturated carbocycles. The number of aliphatic carboxylic acids is 1. The summed E-state index contributed by atoms with van der Waals surface area (Å²) in [5, 5.41) is 13.3. The number of carbonyl (C=O) groups excluding carboxylic acids is 3. The fourth-order valence-electron chi connectivity index (χ4n) is 2.09. The summed E-state index contributed by atoms with van der Waals surface area (Å²) in [6, 6.07) is -1.65. The van der Waals surface area contributed by atoms with Crippen LogP contribution in [0.3, 0.4) is 0 Å². The summed E-state index contributed by atoms with van der Waals surface area (Å²) < 4.78 is 0. The molecule has 1 aliphatic rings. The maximum absolute atomic E-state index is 12.0. The van der Waals surface area contributed by atoms with Gasteiger partial charge in [-0.2, -0.15) is 0 Å². The van der Waals surface area contributed by atoms with Gasteiger partial charge in [-0.15, -0.1) is 0 Å². The molecule has 9 heteroatoms. The molecule has 0 bridgehead atoms. The summed E-state index contributed by atoms with van der Waals surface area (Å²) in [4.78, 5) is 47.0. The molecule has 5 N–H and O–H groups in total. The van der Waals surface area contributed by atoms with Crippen LogP contribution >= 0.6 is 0 Å². The number of nitrogens with one attached hydrogen (secondary N) is 2. The number of hydrogen-bond donors (Lipinski definition) is 4. The largest absolute Gasteiger partial charge is 0.480 e. The number of carboxylic acid groups (broad SMARTS) is 1. The van der Waals surface area contributed by atoms with Crippen molar-refractivity contribution in [2.24, 2.45) is 5.73 Å². The lowest BCUT2D eigenvalue weighted by atomic mass is 10.2. The van der Waals surface area contributed by atoms with Gasteiger partial charge in [0.25, 0.3) is 0 Å². The van der Waals surface area contributed by atoms with Crippen LogP contribution in [0.25, 0.3) is 0 Å². The average molecular weight is 300 g/mol. The first kappa shape index (κ1) is 16.9. The summed E-state index contributed by atoms with van der Waals surface area (Å²) in [6.07, 6.45) is 1.22. The third kappa shape index (κ3) is 4.71. The highest BCUT2D eigenvalue weighted by Crippen LogP contribution is 2.17. The lowest BCUT2D eigenvalue weighted by Gasteiger charge is -2.23. The molecule has 1 saturated heterocycles. The van der Waals surface area contributed by atoms with E-state index in [1.165, 1.54) is 11.8 Å². The van der Waals surface area contributed by atoms with Crippen molar-refractivity contribution < 1.29 is 24.3 Å². The number of nitrogens with zero attached hydrogens (tertiary/aromatic N) is 1. The molecule has 9 nitrogen and oxygen atoms in total. The van der Waals surface area contributed by atoms with Crippen LogP contribution in [0.4, 0.5) is 0 Å². The summed E-state index contributed by atoms with van der Waals surface area (Å²) in [7, 11) is 0. The second-order valence-corrected chi connectivity index (χ2v) is 4.79. The van der Waals surface area contributed by atoms with Crippen LogP contribution in [-0.2, 0) is 19.2 Å². The molecule has 118 valence electrons. The summed E-state index contributed by atoms with van der Waals surface area (Å²) in [5.74, 6) is -2.51. The van der Waals surface area contributed by atoms with Gasteiger partial charge in [0.05, 0.1) is 13.1 Å². The van der Waals surface area contributed by atoms with Gasteiger partial charge in [0.2, 0.25) is 17.7 Å². The summed E-state index contributed by atoms with van der Waals surface area (Å²) in [5.41, 5.74) is 5.28. The Bertz CT molecular complexity index is 439. The fraction of sp³-hybridized carbons (Fsp3) is 0.667. The Labute approximate surface area is 121 Å². The Hall–Kier alpha value is -2.16. The molecule has 3 amide bonds. The van der Waals surface area contributed by atoms with Gasteiger partial charge in [0.15, 0.2) is 0 Å². The Kier molecular flexibility index (Phi) is 6.10. The monoisotopic (exact) mass is 300 g/mol. The summed E-state index contributed by atoms with van der Waals surface area (Å²) >= 11 is 0. The minimum absolute atomic E-state index is 0.166. The van der Waals surface area contributed by atoms with Gasteiger partial charge in [0.1, 0.15) is 12.1 Å². The lowest BCUT2D eigenvalue weighted by Crippen LogP contribution is -2.50. The van der Waals surface area contributed by atoms with E-state index >= 15 is 0 Å². The Morgan fingerprint density at radius 3 is 2.62 bits per heavy atom. The molecule has 2 atom stereocenters. The van der Waals surface area contributed by atoms with E-state index in [0.717, 1.165) is 0 Å². The number of carboxylic acids is 1. The van der Waals surface area contributed by atoms with E-state index in [1.807, 2.05) is 0 Å². The third-order valence-corrected chi connectivity index (χ3v) is 3.22. The molecular formula is C12H20N4O5. The SMILES string of the molecule is C[C@H](NC(=O)CNC(=O)[C@@H]1CCCN1C(=O)CN)C(=O)O. The first-order chi connectivity index (χ1) is 9.86. The predicted molar refractivity (Wildman–Crippen MR) is 72.0 cm³/mol. The molecule has 1 aliphatic heterocycles. The molecule has 0 radical (unpaired) electrons. The second-order valence-electron chi connectivity index (χ2n) is 4.79. The van der Waals surface area contributed by atoms with Crippen LogP contribution < -0.4 is 16.4 Å². The minimum atomic E-state index is -1.16. The molecule has 1 rings (SSSR count). The van der Waals surface area contributed by atoms with E-state index in [1.54, 1.807) is 0 Å². The zero-order valence-corrected chi connectivity index (χ0v) is 11.8. The molecule has 0 unspecified atom stereocenters. The standard InChI is InChI=1S/C12H20N4O5/c1-7(12(20)21)15-9(17)6-14-11(19)8-3-2-4-16(8)10(18)5-13/h7-8H,2-6,13H2,1H3,(H,14,19)(H,15,17)(H,20,21)/t7-,8-/m0/s1. The minimum Gasteiger partial charge on any atom is -0.480 e. The van der Waals surface area contributed by atoms with Crippen molar-refractivity contribution in [3.8, 4) is 0 Å². The second kappa shape index (κ2) is 7.58. The van der Waals surface area contributed by atoms with E-state index < -0.39 is 29.9 Å². The number of carbonyl (C=O) groups is 4. The number of rotatable bonds is 6. The highest BCUT2D eigenvalue weighted by molar-refractivity contribution is 5.92. The van der Waals surface area contributed by atoms with E-state index in [2.05, 4.69) is 10.6 Å². The van der Waals surface area contributed by atoms with E-state index in [0.29, 0.717) is 19.4 Å². The molecule has 0 aromatic rings. The van der Waals surface area contributed by atoms with Crippen molar-refractivity contribution in [2.45, 2.75) is 31.8 Å². The van der Waals surface area contributed by atoms with Gasteiger partial charge in [-0.05, 0) is 19.8 Å². The zero-order chi connectivity index (χ0) is 16.0. The van der Waals surface area contributed by atoms with Crippen molar-refractivity contribution in [3.05, 3.63) is 0 Å².